The Morgan fingerprint density at radius 2 is 0.962 bits per heavy atom. The van der Waals surface area contributed by atoms with Crippen LogP contribution in [0.2, 0.25) is 0 Å². The minimum absolute atomic E-state index is 0.918. The Balaban J connectivity index is 1.04. The summed E-state index contributed by atoms with van der Waals surface area (Å²) in [5.41, 5.74) is 7.71. The number of furan rings is 1. The lowest BCUT2D eigenvalue weighted by Crippen LogP contribution is -2.10. The highest BCUT2D eigenvalue weighted by Crippen LogP contribution is 2.49. The van der Waals surface area contributed by atoms with Gasteiger partial charge in [-0.15, -0.1) is 34.0 Å². The number of benzene rings is 8. The molecule has 0 atom stereocenters. The molecular weight excluding hydrogens is 703 g/mol. The molecule has 0 fully saturated rings. The maximum atomic E-state index is 6.41. The zero-order chi connectivity index (χ0) is 34.6. The second kappa shape index (κ2) is 11.3. The van der Waals surface area contributed by atoms with E-state index in [4.69, 9.17) is 4.42 Å². The van der Waals surface area contributed by atoms with E-state index in [0.717, 1.165) is 27.6 Å². The zero-order valence-electron chi connectivity index (χ0n) is 28.2. The molecule has 0 bridgehead atoms. The molecule has 5 heteroatoms. The van der Waals surface area contributed by atoms with Crippen molar-refractivity contribution in [3.8, 4) is 11.1 Å². The van der Waals surface area contributed by atoms with Crippen molar-refractivity contribution < 1.29 is 4.42 Å². The smallest absolute Gasteiger partial charge is 0.136 e. The van der Waals surface area contributed by atoms with E-state index in [2.05, 4.69) is 169 Å². The molecule has 0 saturated heterocycles. The van der Waals surface area contributed by atoms with Gasteiger partial charge < -0.3 is 9.32 Å². The van der Waals surface area contributed by atoms with E-state index in [1.165, 1.54) is 83.0 Å². The van der Waals surface area contributed by atoms with E-state index in [9.17, 15) is 0 Å². The zero-order valence-corrected chi connectivity index (χ0v) is 30.6. The number of anilines is 3. The second-order valence-electron chi connectivity index (χ2n) is 13.6. The Bertz CT molecular complexity index is 3420. The van der Waals surface area contributed by atoms with Gasteiger partial charge in [-0.2, -0.15) is 0 Å². The van der Waals surface area contributed by atoms with Gasteiger partial charge >= 0.3 is 0 Å². The number of hydrogen-bond donors (Lipinski definition) is 0. The van der Waals surface area contributed by atoms with Crippen LogP contribution in [0.3, 0.4) is 0 Å². The molecule has 248 valence electrons. The van der Waals surface area contributed by atoms with E-state index in [1.54, 1.807) is 0 Å². The van der Waals surface area contributed by atoms with Gasteiger partial charge in [-0.05, 0) is 83.9 Å². The Morgan fingerprint density at radius 3 is 1.79 bits per heavy atom. The van der Waals surface area contributed by atoms with Gasteiger partial charge in [-0.3, -0.25) is 0 Å². The molecule has 12 rings (SSSR count). The SMILES string of the molecule is c1ccc2c(c1)sc1cc3oc4ccc(-c5ccc(N(c6cccc7c6sc6ccccc67)c6cccc7sc8ccccc8c67)cc5)cc4c3cc12. The van der Waals surface area contributed by atoms with Crippen molar-refractivity contribution >= 4 is 134 Å². The first-order valence-corrected chi connectivity index (χ1v) is 20.2. The number of hydrogen-bond acceptors (Lipinski definition) is 5. The molecule has 0 spiro atoms. The summed E-state index contributed by atoms with van der Waals surface area (Å²) in [6.07, 6.45) is 0. The fourth-order valence-corrected chi connectivity index (χ4v) is 11.7. The number of fused-ring (bicyclic) bond motifs is 12. The van der Waals surface area contributed by atoms with E-state index < -0.39 is 0 Å². The molecule has 0 radical (unpaired) electrons. The van der Waals surface area contributed by atoms with Crippen molar-refractivity contribution in [1.29, 1.82) is 0 Å². The van der Waals surface area contributed by atoms with Crippen molar-refractivity contribution in [2.75, 3.05) is 4.90 Å². The number of rotatable bonds is 4. The molecule has 0 aliphatic carbocycles. The summed E-state index contributed by atoms with van der Waals surface area (Å²) in [5, 5.41) is 10.1. The van der Waals surface area contributed by atoms with Gasteiger partial charge in [0, 0.05) is 72.3 Å². The Hall–Kier alpha value is -5.98. The molecule has 0 saturated carbocycles. The van der Waals surface area contributed by atoms with Crippen LogP contribution in [0.1, 0.15) is 0 Å². The normalized spacial score (nSPS) is 12.2. The number of thiophene rings is 3. The van der Waals surface area contributed by atoms with Gasteiger partial charge in [0.25, 0.3) is 0 Å². The average Bonchev–Trinajstić information content (AvgIpc) is 3.97. The summed E-state index contributed by atoms with van der Waals surface area (Å²) in [7, 11) is 0. The highest BCUT2D eigenvalue weighted by Gasteiger charge is 2.22. The lowest BCUT2D eigenvalue weighted by Gasteiger charge is -2.27. The van der Waals surface area contributed by atoms with Crippen LogP contribution in [0.4, 0.5) is 17.1 Å². The van der Waals surface area contributed by atoms with Gasteiger partial charge in [-0.25, -0.2) is 0 Å². The Labute approximate surface area is 316 Å². The molecule has 4 heterocycles. The topological polar surface area (TPSA) is 16.4 Å². The van der Waals surface area contributed by atoms with Crippen LogP contribution < -0.4 is 4.90 Å². The first kappa shape index (κ1) is 29.6. The molecule has 0 amide bonds. The molecule has 0 N–H and O–H groups in total. The van der Waals surface area contributed by atoms with Crippen LogP contribution in [0.5, 0.6) is 0 Å². The maximum Gasteiger partial charge on any atom is 0.136 e. The number of nitrogens with zero attached hydrogens (tertiary/aromatic N) is 1. The van der Waals surface area contributed by atoms with Crippen molar-refractivity contribution in [2.45, 2.75) is 0 Å². The van der Waals surface area contributed by atoms with Gasteiger partial charge in [-0.1, -0.05) is 91.0 Å². The summed E-state index contributed by atoms with van der Waals surface area (Å²) in [6.45, 7) is 0. The van der Waals surface area contributed by atoms with E-state index in [-0.39, 0.29) is 0 Å². The fraction of sp³-hybridized carbons (Fsp3) is 0. The molecule has 12 aromatic rings. The highest BCUT2D eigenvalue weighted by molar-refractivity contribution is 7.27. The third kappa shape index (κ3) is 4.42. The van der Waals surface area contributed by atoms with E-state index in [1.807, 2.05) is 34.0 Å². The molecule has 53 heavy (non-hydrogen) atoms. The molecule has 0 aliphatic rings. The first-order valence-electron chi connectivity index (χ1n) is 17.7. The largest absolute Gasteiger partial charge is 0.456 e. The summed E-state index contributed by atoms with van der Waals surface area (Å²) in [5.74, 6) is 0. The molecule has 0 aliphatic heterocycles. The van der Waals surface area contributed by atoms with E-state index >= 15 is 0 Å². The summed E-state index contributed by atoms with van der Waals surface area (Å²) in [6, 6.07) is 60.0. The molecule has 4 aromatic heterocycles. The summed E-state index contributed by atoms with van der Waals surface area (Å²) < 4.78 is 14.2. The fourth-order valence-electron chi connectivity index (χ4n) is 8.24. The van der Waals surface area contributed by atoms with Crippen LogP contribution in [-0.2, 0) is 0 Å². The molecule has 0 unspecified atom stereocenters. The monoisotopic (exact) mass is 729 g/mol. The van der Waals surface area contributed by atoms with Crippen LogP contribution in [0.25, 0.3) is 93.6 Å². The van der Waals surface area contributed by atoms with Gasteiger partial charge in [0.15, 0.2) is 0 Å². The minimum Gasteiger partial charge on any atom is -0.456 e. The molecule has 8 aromatic carbocycles. The molecular formula is C48H27NOS3. The van der Waals surface area contributed by atoms with Crippen molar-refractivity contribution in [3.05, 3.63) is 164 Å². The Kier molecular flexibility index (Phi) is 6.28. The first-order chi connectivity index (χ1) is 26.2. The lowest BCUT2D eigenvalue weighted by atomic mass is 10.0. The van der Waals surface area contributed by atoms with Crippen molar-refractivity contribution in [2.24, 2.45) is 0 Å². The summed E-state index contributed by atoms with van der Waals surface area (Å²) in [4.78, 5) is 2.48. The predicted octanol–water partition coefficient (Wildman–Crippen LogP) is 15.8. The van der Waals surface area contributed by atoms with Crippen molar-refractivity contribution in [1.82, 2.24) is 0 Å². The third-order valence-electron chi connectivity index (χ3n) is 10.7. The van der Waals surface area contributed by atoms with Crippen LogP contribution in [-0.4, -0.2) is 0 Å². The van der Waals surface area contributed by atoms with Crippen LogP contribution in [0.15, 0.2) is 168 Å². The van der Waals surface area contributed by atoms with Gasteiger partial charge in [0.2, 0.25) is 0 Å². The molecule has 2 nitrogen and oxygen atoms in total. The second-order valence-corrected chi connectivity index (χ2v) is 16.9. The average molecular weight is 730 g/mol. The lowest BCUT2D eigenvalue weighted by molar-refractivity contribution is 0.669. The summed E-state index contributed by atoms with van der Waals surface area (Å²) >= 11 is 5.56. The maximum absolute atomic E-state index is 6.41. The predicted molar refractivity (Wildman–Crippen MR) is 233 cm³/mol. The van der Waals surface area contributed by atoms with E-state index in [0.29, 0.717) is 0 Å². The standard InChI is InChI=1S/C48H27NOS3/c1-5-16-43-31(9-1)33-12-7-14-39(48(33)53-43)49(38-13-8-18-45-47(38)34-11-3-6-17-44(34)51-45)30-22-19-28(20-23-30)29-21-24-40-35(25-29)36-26-37-32-10-2-4-15-42(32)52-46(37)27-41(36)50-40/h1-27H. The van der Waals surface area contributed by atoms with Crippen LogP contribution in [0, 0.1) is 0 Å². The Morgan fingerprint density at radius 1 is 0.358 bits per heavy atom. The van der Waals surface area contributed by atoms with Crippen molar-refractivity contribution in [3.63, 3.8) is 0 Å². The van der Waals surface area contributed by atoms with Gasteiger partial charge in [0.1, 0.15) is 11.2 Å². The van der Waals surface area contributed by atoms with Gasteiger partial charge in [0.05, 0.1) is 16.1 Å². The minimum atomic E-state index is 0.918. The quantitative estimate of drug-likeness (QED) is 0.179. The third-order valence-corrected chi connectivity index (χ3v) is 14.2. The highest BCUT2D eigenvalue weighted by atomic mass is 32.1. The van der Waals surface area contributed by atoms with Crippen LogP contribution >= 0.6 is 34.0 Å².